The van der Waals surface area contributed by atoms with E-state index in [0.29, 0.717) is 27.6 Å². The summed E-state index contributed by atoms with van der Waals surface area (Å²) < 4.78 is 14.6. The summed E-state index contributed by atoms with van der Waals surface area (Å²) in [7, 11) is 1.61. The fourth-order valence-electron chi connectivity index (χ4n) is 3.53. The number of thiazole rings is 1. The molecule has 7 heteroatoms. The highest BCUT2D eigenvalue weighted by atomic mass is 79.9. The summed E-state index contributed by atoms with van der Waals surface area (Å²) in [5, 5.41) is 0. The molecule has 0 atom stereocenters. The van der Waals surface area contributed by atoms with E-state index < -0.39 is 0 Å². The number of aryl methyl sites for hydroxylation is 1. The maximum atomic E-state index is 13.1. The summed E-state index contributed by atoms with van der Waals surface area (Å²) in [6.45, 7) is 2.49. The quantitative estimate of drug-likeness (QED) is 0.332. The molecule has 5 aromatic rings. The number of fused-ring (bicyclic) bond motifs is 3. The molecule has 0 N–H and O–H groups in total. The van der Waals surface area contributed by atoms with Crippen LogP contribution in [0.4, 0.5) is 0 Å². The monoisotopic (exact) mass is 506 g/mol. The van der Waals surface area contributed by atoms with Gasteiger partial charge in [0.2, 0.25) is 0 Å². The van der Waals surface area contributed by atoms with Crippen molar-refractivity contribution in [3.8, 4) is 11.5 Å². The van der Waals surface area contributed by atoms with Crippen molar-refractivity contribution in [1.82, 2.24) is 9.38 Å². The van der Waals surface area contributed by atoms with E-state index in [9.17, 15) is 4.79 Å². The predicted octanol–water partition coefficient (Wildman–Crippen LogP) is 5.12. The molecule has 0 aliphatic carbocycles. The molecule has 2 heterocycles. The average molecular weight is 507 g/mol. The molecule has 0 fully saturated rings. The van der Waals surface area contributed by atoms with Crippen molar-refractivity contribution >= 4 is 49.3 Å². The Morgan fingerprint density at radius 2 is 1.88 bits per heavy atom. The largest absolute Gasteiger partial charge is 0.493 e. The van der Waals surface area contributed by atoms with Gasteiger partial charge < -0.3 is 9.47 Å². The summed E-state index contributed by atoms with van der Waals surface area (Å²) in [5.74, 6) is 1.23. The van der Waals surface area contributed by atoms with Gasteiger partial charge in [-0.25, -0.2) is 9.38 Å². The van der Waals surface area contributed by atoms with Gasteiger partial charge in [-0.05, 0) is 48.4 Å². The number of para-hydroxylation sites is 2. The van der Waals surface area contributed by atoms with E-state index in [1.807, 2.05) is 54.6 Å². The predicted molar refractivity (Wildman–Crippen MR) is 132 cm³/mol. The van der Waals surface area contributed by atoms with Crippen LogP contribution in [-0.2, 0) is 6.61 Å². The van der Waals surface area contributed by atoms with E-state index in [1.54, 1.807) is 11.5 Å². The van der Waals surface area contributed by atoms with Crippen molar-refractivity contribution in [2.24, 2.45) is 0 Å². The van der Waals surface area contributed by atoms with Crippen LogP contribution >= 0.6 is 27.3 Å². The molecule has 0 aliphatic heterocycles. The zero-order valence-electron chi connectivity index (χ0n) is 17.5. The topological polar surface area (TPSA) is 52.8 Å². The number of imidazole rings is 1. The van der Waals surface area contributed by atoms with Gasteiger partial charge in [0.15, 0.2) is 16.5 Å². The molecular weight excluding hydrogens is 488 g/mol. The number of benzene rings is 3. The fourth-order valence-corrected chi connectivity index (χ4v) is 4.95. The van der Waals surface area contributed by atoms with Crippen molar-refractivity contribution in [1.29, 1.82) is 0 Å². The molecule has 0 saturated carbocycles. The van der Waals surface area contributed by atoms with E-state index >= 15 is 0 Å². The first kappa shape index (κ1) is 20.7. The maximum Gasteiger partial charge on any atom is 0.274 e. The molecule has 0 unspecified atom stereocenters. The lowest BCUT2D eigenvalue weighted by Crippen LogP contribution is -2.22. The standard InChI is InChI=1S/C25H19BrN2O3S/c1-15-7-9-16(10-8-15)14-31-22-13-18(26)17(11-21(22)30-2)12-23-24(29)28-20-6-4-3-5-19(20)27-25(28)32-23/h3-13H,14H2,1-2H3/b23-12-. The molecule has 0 saturated heterocycles. The number of hydrogen-bond donors (Lipinski definition) is 0. The van der Waals surface area contributed by atoms with E-state index in [-0.39, 0.29) is 5.56 Å². The summed E-state index contributed by atoms with van der Waals surface area (Å²) in [6.07, 6.45) is 1.85. The minimum Gasteiger partial charge on any atom is -0.493 e. The number of methoxy groups -OCH3 is 1. The third-order valence-electron chi connectivity index (χ3n) is 5.23. The van der Waals surface area contributed by atoms with Gasteiger partial charge in [-0.1, -0.05) is 69.2 Å². The van der Waals surface area contributed by atoms with Gasteiger partial charge in [-0.2, -0.15) is 0 Å². The number of rotatable bonds is 5. The number of hydrogen-bond acceptors (Lipinski definition) is 5. The van der Waals surface area contributed by atoms with Gasteiger partial charge in [0.1, 0.15) is 6.61 Å². The van der Waals surface area contributed by atoms with Crippen molar-refractivity contribution in [2.75, 3.05) is 7.11 Å². The second kappa shape index (κ2) is 8.41. The van der Waals surface area contributed by atoms with Gasteiger partial charge in [-0.3, -0.25) is 4.79 Å². The number of ether oxygens (including phenoxy) is 2. The van der Waals surface area contributed by atoms with E-state index in [2.05, 4.69) is 40.0 Å². The zero-order chi connectivity index (χ0) is 22.2. The van der Waals surface area contributed by atoms with Crippen molar-refractivity contribution in [3.05, 3.63) is 96.7 Å². The molecule has 0 aliphatic rings. The highest BCUT2D eigenvalue weighted by Gasteiger charge is 2.13. The molecule has 160 valence electrons. The Bertz CT molecular complexity index is 1550. The van der Waals surface area contributed by atoms with Crippen LogP contribution in [0.3, 0.4) is 0 Å². The second-order valence-corrected chi connectivity index (χ2v) is 9.30. The van der Waals surface area contributed by atoms with Crippen LogP contribution in [0.25, 0.3) is 22.1 Å². The zero-order valence-corrected chi connectivity index (χ0v) is 19.9. The van der Waals surface area contributed by atoms with Crippen molar-refractivity contribution in [3.63, 3.8) is 0 Å². The summed E-state index contributed by atoms with van der Waals surface area (Å²) >= 11 is 4.99. The third kappa shape index (κ3) is 3.78. The Hall–Kier alpha value is -3.16. The molecule has 32 heavy (non-hydrogen) atoms. The summed E-state index contributed by atoms with van der Waals surface area (Å²) in [4.78, 5) is 18.3. The fraction of sp³-hybridized carbons (Fsp3) is 0.120. The first-order chi connectivity index (χ1) is 15.5. The van der Waals surface area contributed by atoms with Gasteiger partial charge >= 0.3 is 0 Å². The molecule has 2 aromatic heterocycles. The van der Waals surface area contributed by atoms with Gasteiger partial charge in [0.25, 0.3) is 5.56 Å². The highest BCUT2D eigenvalue weighted by molar-refractivity contribution is 9.10. The Kier molecular flexibility index (Phi) is 5.45. The van der Waals surface area contributed by atoms with Gasteiger partial charge in [-0.15, -0.1) is 0 Å². The number of aromatic nitrogens is 2. The molecule has 5 nitrogen and oxygen atoms in total. The Balaban J connectivity index is 1.51. The lowest BCUT2D eigenvalue weighted by atomic mass is 10.1. The van der Waals surface area contributed by atoms with Crippen LogP contribution < -0.4 is 19.6 Å². The number of halogens is 1. The van der Waals surface area contributed by atoms with Gasteiger partial charge in [0, 0.05) is 4.47 Å². The molecule has 0 spiro atoms. The summed E-state index contributed by atoms with van der Waals surface area (Å²) in [5.41, 5.74) is 4.68. The number of nitrogens with zero attached hydrogens (tertiary/aromatic N) is 2. The van der Waals surface area contributed by atoms with Crippen LogP contribution in [0, 0.1) is 6.92 Å². The molecule has 5 rings (SSSR count). The van der Waals surface area contributed by atoms with E-state index in [4.69, 9.17) is 9.47 Å². The Morgan fingerprint density at radius 1 is 1.09 bits per heavy atom. The third-order valence-corrected chi connectivity index (χ3v) is 6.89. The molecule has 0 radical (unpaired) electrons. The molecule has 0 bridgehead atoms. The normalized spacial score (nSPS) is 12.0. The Labute approximate surface area is 196 Å². The van der Waals surface area contributed by atoms with Crippen LogP contribution in [0.1, 0.15) is 16.7 Å². The maximum absolute atomic E-state index is 13.1. The minimum absolute atomic E-state index is 0.0794. The van der Waals surface area contributed by atoms with Crippen LogP contribution in [0.2, 0.25) is 0 Å². The van der Waals surface area contributed by atoms with Gasteiger partial charge in [0.05, 0.1) is 22.7 Å². The van der Waals surface area contributed by atoms with Crippen molar-refractivity contribution < 1.29 is 9.47 Å². The molecular formula is C25H19BrN2O3S. The SMILES string of the molecule is COc1cc(/C=c2\sc3nc4ccccc4n3c2=O)c(Br)cc1OCc1ccc(C)cc1. The second-order valence-electron chi connectivity index (χ2n) is 7.43. The molecule has 0 amide bonds. The first-order valence-electron chi connectivity index (χ1n) is 10.0. The smallest absolute Gasteiger partial charge is 0.274 e. The first-order valence-corrected chi connectivity index (χ1v) is 11.6. The lowest BCUT2D eigenvalue weighted by Gasteiger charge is -2.13. The highest BCUT2D eigenvalue weighted by Crippen LogP contribution is 2.34. The van der Waals surface area contributed by atoms with Crippen LogP contribution in [-0.4, -0.2) is 16.5 Å². The minimum atomic E-state index is -0.0794. The summed E-state index contributed by atoms with van der Waals surface area (Å²) in [6, 6.07) is 19.6. The lowest BCUT2D eigenvalue weighted by molar-refractivity contribution is 0.284. The van der Waals surface area contributed by atoms with E-state index in [1.165, 1.54) is 16.9 Å². The Morgan fingerprint density at radius 3 is 2.66 bits per heavy atom. The van der Waals surface area contributed by atoms with E-state index in [0.717, 1.165) is 26.6 Å². The van der Waals surface area contributed by atoms with Crippen LogP contribution in [0.5, 0.6) is 11.5 Å². The van der Waals surface area contributed by atoms with Crippen molar-refractivity contribution in [2.45, 2.75) is 13.5 Å². The average Bonchev–Trinajstić information content (AvgIpc) is 3.31. The molecule has 3 aromatic carbocycles. The van der Waals surface area contributed by atoms with Crippen LogP contribution in [0.15, 0.2) is 69.9 Å².